The molecule has 0 aliphatic carbocycles. The normalized spacial score (nSPS) is 17.8. The fourth-order valence-corrected chi connectivity index (χ4v) is 3.54. The van der Waals surface area contributed by atoms with Gasteiger partial charge in [0.25, 0.3) is 0 Å². The smallest absolute Gasteiger partial charge is 0.235 e. The molecule has 1 aromatic heterocycles. The molecule has 0 saturated carbocycles. The number of fused-ring (bicyclic) bond motifs is 2. The first-order valence-electron chi connectivity index (χ1n) is 8.14. The lowest BCUT2D eigenvalue weighted by Crippen LogP contribution is -2.48. The summed E-state index contributed by atoms with van der Waals surface area (Å²) >= 11 is 0. The second kappa shape index (κ2) is 5.76. The van der Waals surface area contributed by atoms with Gasteiger partial charge in [-0.2, -0.15) is 0 Å². The summed E-state index contributed by atoms with van der Waals surface area (Å²) in [6.45, 7) is 1.32. The number of aromatic nitrogens is 2. The second-order valence-electron chi connectivity index (χ2n) is 6.37. The Morgan fingerprint density at radius 2 is 1.88 bits per heavy atom. The summed E-state index contributed by atoms with van der Waals surface area (Å²) in [5.74, 6) is 0.671. The predicted molar refractivity (Wildman–Crippen MR) is 93.1 cm³/mol. The SMILES string of the molecule is Cn1c(CN2Cc3ccccc3C[C@H]2C(N)=O)nc2ccccc21. The fourth-order valence-electron chi connectivity index (χ4n) is 3.54. The van der Waals surface area contributed by atoms with E-state index in [4.69, 9.17) is 10.7 Å². The molecule has 3 aromatic rings. The zero-order valence-corrected chi connectivity index (χ0v) is 13.6. The van der Waals surface area contributed by atoms with Gasteiger partial charge in [-0.25, -0.2) is 4.98 Å². The molecule has 0 bridgehead atoms. The number of amides is 1. The second-order valence-corrected chi connectivity index (χ2v) is 6.37. The molecule has 0 fully saturated rings. The van der Waals surface area contributed by atoms with Gasteiger partial charge in [0.2, 0.25) is 5.91 Å². The molecule has 5 heteroatoms. The van der Waals surface area contributed by atoms with Crippen molar-refractivity contribution >= 4 is 16.9 Å². The number of carbonyl (C=O) groups is 1. The Morgan fingerprint density at radius 3 is 2.62 bits per heavy atom. The van der Waals surface area contributed by atoms with E-state index in [0.717, 1.165) is 16.9 Å². The summed E-state index contributed by atoms with van der Waals surface area (Å²) in [6.07, 6.45) is 0.662. The molecule has 1 aliphatic rings. The summed E-state index contributed by atoms with van der Waals surface area (Å²) in [4.78, 5) is 18.8. The predicted octanol–water partition coefficient (Wildman–Crippen LogP) is 1.99. The maximum absolute atomic E-state index is 12.0. The molecule has 1 atom stereocenters. The maximum Gasteiger partial charge on any atom is 0.235 e. The minimum atomic E-state index is -0.292. The van der Waals surface area contributed by atoms with E-state index in [9.17, 15) is 4.79 Å². The van der Waals surface area contributed by atoms with Crippen molar-refractivity contribution < 1.29 is 4.79 Å². The Balaban J connectivity index is 1.69. The third kappa shape index (κ3) is 2.47. The van der Waals surface area contributed by atoms with Crippen LogP contribution < -0.4 is 5.73 Å². The molecule has 2 heterocycles. The van der Waals surface area contributed by atoms with Crippen LogP contribution in [0.4, 0.5) is 0 Å². The van der Waals surface area contributed by atoms with Gasteiger partial charge in [0.15, 0.2) is 0 Å². The van der Waals surface area contributed by atoms with Crippen LogP contribution in [-0.2, 0) is 31.4 Å². The largest absolute Gasteiger partial charge is 0.368 e. The van der Waals surface area contributed by atoms with Gasteiger partial charge >= 0.3 is 0 Å². The van der Waals surface area contributed by atoms with Crippen LogP contribution in [0.1, 0.15) is 17.0 Å². The number of hydrogen-bond donors (Lipinski definition) is 1. The number of rotatable bonds is 3. The van der Waals surface area contributed by atoms with E-state index >= 15 is 0 Å². The maximum atomic E-state index is 12.0. The van der Waals surface area contributed by atoms with Crippen molar-refractivity contribution in [1.29, 1.82) is 0 Å². The average Bonchev–Trinajstić information content (AvgIpc) is 2.90. The summed E-state index contributed by atoms with van der Waals surface area (Å²) in [5.41, 5.74) is 10.2. The molecular formula is C19H20N4O. The molecule has 0 saturated heterocycles. The van der Waals surface area contributed by atoms with Crippen LogP contribution in [0.15, 0.2) is 48.5 Å². The van der Waals surface area contributed by atoms with Gasteiger partial charge in [-0.1, -0.05) is 36.4 Å². The molecule has 1 amide bonds. The summed E-state index contributed by atoms with van der Waals surface area (Å²) in [7, 11) is 2.02. The van der Waals surface area contributed by atoms with Gasteiger partial charge in [-0.15, -0.1) is 0 Å². The standard InChI is InChI=1S/C19H20N4O/c1-22-16-9-5-4-8-15(16)21-18(22)12-23-11-14-7-3-2-6-13(14)10-17(23)19(20)24/h2-9,17H,10-12H2,1H3,(H2,20,24)/t17-/m0/s1. The third-order valence-corrected chi connectivity index (χ3v) is 4.90. The van der Waals surface area contributed by atoms with Crippen molar-refractivity contribution in [2.75, 3.05) is 0 Å². The van der Waals surface area contributed by atoms with Crippen molar-refractivity contribution in [3.8, 4) is 0 Å². The highest BCUT2D eigenvalue weighted by Gasteiger charge is 2.30. The minimum Gasteiger partial charge on any atom is -0.368 e. The van der Waals surface area contributed by atoms with Crippen molar-refractivity contribution in [3.63, 3.8) is 0 Å². The van der Waals surface area contributed by atoms with E-state index in [1.54, 1.807) is 0 Å². The van der Waals surface area contributed by atoms with E-state index in [0.29, 0.717) is 19.5 Å². The fraction of sp³-hybridized carbons (Fsp3) is 0.263. The van der Waals surface area contributed by atoms with Crippen LogP contribution in [0.25, 0.3) is 11.0 Å². The van der Waals surface area contributed by atoms with Crippen molar-refractivity contribution in [2.24, 2.45) is 12.8 Å². The van der Waals surface area contributed by atoms with Gasteiger partial charge in [-0.3, -0.25) is 9.69 Å². The lowest BCUT2D eigenvalue weighted by Gasteiger charge is -2.34. The Kier molecular flexibility index (Phi) is 3.58. The van der Waals surface area contributed by atoms with Crippen LogP contribution in [0.3, 0.4) is 0 Å². The van der Waals surface area contributed by atoms with Gasteiger partial charge < -0.3 is 10.3 Å². The molecule has 2 aromatic carbocycles. The molecule has 4 rings (SSSR count). The van der Waals surface area contributed by atoms with Crippen LogP contribution in [0.5, 0.6) is 0 Å². The Bertz CT molecular complexity index is 915. The highest BCUT2D eigenvalue weighted by Crippen LogP contribution is 2.25. The number of imidazole rings is 1. The number of hydrogen-bond acceptors (Lipinski definition) is 3. The minimum absolute atomic E-state index is 0.275. The van der Waals surface area contributed by atoms with Crippen LogP contribution in [0, 0.1) is 0 Å². The number of benzene rings is 2. The molecule has 0 radical (unpaired) electrons. The first-order valence-corrected chi connectivity index (χ1v) is 8.14. The summed E-state index contributed by atoms with van der Waals surface area (Å²) in [6, 6.07) is 16.0. The number of nitrogens with zero attached hydrogens (tertiary/aromatic N) is 3. The average molecular weight is 320 g/mol. The number of aryl methyl sites for hydroxylation is 1. The van der Waals surface area contributed by atoms with Crippen LogP contribution >= 0.6 is 0 Å². The van der Waals surface area contributed by atoms with E-state index in [2.05, 4.69) is 27.7 Å². The Hall–Kier alpha value is -2.66. The zero-order chi connectivity index (χ0) is 16.7. The topological polar surface area (TPSA) is 64.2 Å². The highest BCUT2D eigenvalue weighted by molar-refractivity contribution is 5.80. The van der Waals surface area contributed by atoms with Crippen LogP contribution in [0.2, 0.25) is 0 Å². The summed E-state index contributed by atoms with van der Waals surface area (Å²) in [5, 5.41) is 0. The van der Waals surface area contributed by atoms with Crippen molar-refractivity contribution in [2.45, 2.75) is 25.6 Å². The summed E-state index contributed by atoms with van der Waals surface area (Å²) < 4.78 is 2.09. The van der Waals surface area contributed by atoms with Gasteiger partial charge in [0, 0.05) is 13.6 Å². The Labute approximate surface area is 140 Å². The molecule has 0 spiro atoms. The third-order valence-electron chi connectivity index (χ3n) is 4.90. The monoisotopic (exact) mass is 320 g/mol. The first kappa shape index (κ1) is 14.9. The van der Waals surface area contributed by atoms with Crippen molar-refractivity contribution in [1.82, 2.24) is 14.5 Å². The van der Waals surface area contributed by atoms with Gasteiger partial charge in [0.05, 0.1) is 23.6 Å². The number of carbonyl (C=O) groups excluding carboxylic acids is 1. The highest BCUT2D eigenvalue weighted by atomic mass is 16.1. The van der Waals surface area contributed by atoms with Gasteiger partial charge in [-0.05, 0) is 29.7 Å². The molecule has 0 unspecified atom stereocenters. The van der Waals surface area contributed by atoms with E-state index in [1.807, 2.05) is 37.4 Å². The van der Waals surface area contributed by atoms with Gasteiger partial charge in [0.1, 0.15) is 5.82 Å². The zero-order valence-electron chi connectivity index (χ0n) is 13.6. The first-order chi connectivity index (χ1) is 11.6. The molecule has 2 N–H and O–H groups in total. The molecule has 1 aliphatic heterocycles. The van der Waals surface area contributed by atoms with E-state index in [-0.39, 0.29) is 11.9 Å². The molecule has 24 heavy (non-hydrogen) atoms. The van der Waals surface area contributed by atoms with Crippen molar-refractivity contribution in [3.05, 3.63) is 65.5 Å². The lowest BCUT2D eigenvalue weighted by molar-refractivity contribution is -0.124. The molecule has 122 valence electrons. The quantitative estimate of drug-likeness (QED) is 0.802. The van der Waals surface area contributed by atoms with Crippen LogP contribution in [-0.4, -0.2) is 26.4 Å². The van der Waals surface area contributed by atoms with E-state index < -0.39 is 0 Å². The number of primary amides is 1. The molecular weight excluding hydrogens is 300 g/mol. The number of nitrogens with two attached hydrogens (primary N) is 1. The lowest BCUT2D eigenvalue weighted by atomic mass is 9.93. The number of para-hydroxylation sites is 2. The Morgan fingerprint density at radius 1 is 1.17 bits per heavy atom. The molecule has 5 nitrogen and oxygen atoms in total. The van der Waals surface area contributed by atoms with E-state index in [1.165, 1.54) is 11.1 Å².